The van der Waals surface area contributed by atoms with Gasteiger partial charge in [0.2, 0.25) is 0 Å². The maximum absolute atomic E-state index is 12.0. The molecule has 2 aliphatic rings. The second kappa shape index (κ2) is 12.0. The Morgan fingerprint density at radius 1 is 1.11 bits per heavy atom. The van der Waals surface area contributed by atoms with E-state index in [-0.39, 0.29) is 43.4 Å². The molecule has 2 amide bonds. The number of carbonyl (C=O) groups excluding carboxylic acids is 1. The minimum Gasteiger partial charge on any atom is -0.395 e. The first kappa shape index (κ1) is 25.6. The molecule has 4 rings (SSSR count). The summed E-state index contributed by atoms with van der Waals surface area (Å²) in [5, 5.41) is 24.8. The molecule has 2 heterocycles. The summed E-state index contributed by atoms with van der Waals surface area (Å²) in [6, 6.07) is 15.3. The fourth-order valence-electron chi connectivity index (χ4n) is 5.00. The number of nitrogens with one attached hydrogen (secondary N) is 2. The van der Waals surface area contributed by atoms with Crippen molar-refractivity contribution >= 4 is 11.7 Å². The molecule has 190 valence electrons. The van der Waals surface area contributed by atoms with Crippen molar-refractivity contribution in [3.8, 4) is 0 Å². The van der Waals surface area contributed by atoms with E-state index in [2.05, 4.69) is 22.5 Å². The molecule has 0 bridgehead atoms. The van der Waals surface area contributed by atoms with Gasteiger partial charge in [-0.25, -0.2) is 4.79 Å². The van der Waals surface area contributed by atoms with Gasteiger partial charge >= 0.3 is 6.03 Å². The zero-order valence-electron chi connectivity index (χ0n) is 20.5. The maximum atomic E-state index is 12.0. The summed E-state index contributed by atoms with van der Waals surface area (Å²) in [5.74, 6) is 0.0720. The third-order valence-corrected chi connectivity index (χ3v) is 7.00. The van der Waals surface area contributed by atoms with E-state index in [0.717, 1.165) is 36.1 Å². The van der Waals surface area contributed by atoms with Crippen LogP contribution < -0.4 is 10.6 Å². The SMILES string of the molecule is CCNC(=O)Nc1cccc(C2O[C@H](CN3CCC[C@H]3CO)[C@H](C)[C@H](c3ccc(CO)cc3)O2)c1. The first-order valence-corrected chi connectivity index (χ1v) is 12.5. The molecule has 2 fully saturated rings. The Morgan fingerprint density at radius 3 is 2.63 bits per heavy atom. The van der Waals surface area contributed by atoms with Gasteiger partial charge in [-0.2, -0.15) is 0 Å². The van der Waals surface area contributed by atoms with Crippen molar-refractivity contribution < 1.29 is 24.5 Å². The lowest BCUT2D eigenvalue weighted by Crippen LogP contribution is -2.46. The molecule has 0 radical (unpaired) electrons. The highest BCUT2D eigenvalue weighted by Crippen LogP contribution is 2.42. The topological polar surface area (TPSA) is 103 Å². The summed E-state index contributed by atoms with van der Waals surface area (Å²) < 4.78 is 13.0. The van der Waals surface area contributed by atoms with Crippen molar-refractivity contribution in [2.24, 2.45) is 5.92 Å². The highest BCUT2D eigenvalue weighted by Gasteiger charge is 2.40. The van der Waals surface area contributed by atoms with Crippen molar-refractivity contribution in [2.45, 2.75) is 57.8 Å². The van der Waals surface area contributed by atoms with Crippen LogP contribution in [0.15, 0.2) is 48.5 Å². The lowest BCUT2D eigenvalue weighted by atomic mass is 9.90. The van der Waals surface area contributed by atoms with Crippen molar-refractivity contribution in [1.29, 1.82) is 0 Å². The molecule has 1 unspecified atom stereocenters. The number of benzene rings is 2. The predicted molar refractivity (Wildman–Crippen MR) is 134 cm³/mol. The number of hydrogen-bond donors (Lipinski definition) is 4. The smallest absolute Gasteiger partial charge is 0.319 e. The average molecular weight is 484 g/mol. The minimum atomic E-state index is -0.607. The van der Waals surface area contributed by atoms with Crippen LogP contribution in [0.4, 0.5) is 10.5 Å². The highest BCUT2D eigenvalue weighted by atomic mass is 16.7. The molecular weight excluding hydrogens is 446 g/mol. The normalized spacial score (nSPS) is 27.0. The number of aliphatic hydroxyl groups excluding tert-OH is 2. The first-order valence-electron chi connectivity index (χ1n) is 12.5. The van der Waals surface area contributed by atoms with Crippen LogP contribution in [-0.2, 0) is 16.1 Å². The zero-order valence-corrected chi connectivity index (χ0v) is 20.5. The second-order valence-corrected chi connectivity index (χ2v) is 9.41. The Bertz CT molecular complexity index is 970. The van der Waals surface area contributed by atoms with Crippen molar-refractivity contribution in [3.05, 3.63) is 65.2 Å². The number of amides is 2. The number of aliphatic hydroxyl groups is 2. The van der Waals surface area contributed by atoms with E-state index in [1.807, 2.05) is 55.5 Å². The number of urea groups is 1. The number of anilines is 1. The summed E-state index contributed by atoms with van der Waals surface area (Å²) in [6.07, 6.45) is 1.15. The number of rotatable bonds is 8. The molecule has 5 atom stereocenters. The quantitative estimate of drug-likeness (QED) is 0.458. The number of likely N-dealkylation sites (tertiary alicyclic amines) is 1. The fraction of sp³-hybridized carbons (Fsp3) is 0.519. The molecule has 35 heavy (non-hydrogen) atoms. The molecular formula is C27H37N3O5. The zero-order chi connectivity index (χ0) is 24.8. The van der Waals surface area contributed by atoms with E-state index in [4.69, 9.17) is 9.47 Å². The van der Waals surface area contributed by atoms with Crippen molar-refractivity contribution in [1.82, 2.24) is 10.2 Å². The third kappa shape index (κ3) is 6.20. The first-order chi connectivity index (χ1) is 17.0. The molecule has 0 spiro atoms. The highest BCUT2D eigenvalue weighted by molar-refractivity contribution is 5.89. The summed E-state index contributed by atoms with van der Waals surface area (Å²) in [6.45, 7) is 6.37. The van der Waals surface area contributed by atoms with Gasteiger partial charge in [-0.3, -0.25) is 4.90 Å². The van der Waals surface area contributed by atoms with Crippen LogP contribution in [0.3, 0.4) is 0 Å². The molecule has 0 saturated carbocycles. The van der Waals surface area contributed by atoms with Gasteiger partial charge in [0.15, 0.2) is 6.29 Å². The van der Waals surface area contributed by atoms with E-state index in [1.165, 1.54) is 0 Å². The van der Waals surface area contributed by atoms with Crippen molar-refractivity contribution in [3.63, 3.8) is 0 Å². The van der Waals surface area contributed by atoms with Crippen molar-refractivity contribution in [2.75, 3.05) is 31.6 Å². The molecule has 8 heteroatoms. The van der Waals surface area contributed by atoms with E-state index in [1.54, 1.807) is 0 Å². The maximum Gasteiger partial charge on any atom is 0.319 e. The van der Waals surface area contributed by atoms with Crippen LogP contribution >= 0.6 is 0 Å². The summed E-state index contributed by atoms with van der Waals surface area (Å²) in [7, 11) is 0. The summed E-state index contributed by atoms with van der Waals surface area (Å²) >= 11 is 0. The average Bonchev–Trinajstić information content (AvgIpc) is 3.33. The van der Waals surface area contributed by atoms with E-state index in [9.17, 15) is 15.0 Å². The van der Waals surface area contributed by atoms with Gasteiger partial charge in [-0.1, -0.05) is 43.3 Å². The number of carbonyl (C=O) groups is 1. The van der Waals surface area contributed by atoms with Gasteiger partial charge in [-0.15, -0.1) is 0 Å². The Labute approximate surface area is 207 Å². The Balaban J connectivity index is 1.59. The minimum absolute atomic E-state index is 0.00136. The van der Waals surface area contributed by atoms with Gasteiger partial charge in [0.25, 0.3) is 0 Å². The number of nitrogens with zero attached hydrogens (tertiary/aromatic N) is 1. The molecule has 2 saturated heterocycles. The van der Waals surface area contributed by atoms with Gasteiger partial charge in [0.1, 0.15) is 0 Å². The van der Waals surface area contributed by atoms with Crippen LogP contribution in [0.1, 0.15) is 55.8 Å². The van der Waals surface area contributed by atoms with Crippen LogP contribution in [0.5, 0.6) is 0 Å². The Morgan fingerprint density at radius 2 is 1.91 bits per heavy atom. The number of hydrogen-bond acceptors (Lipinski definition) is 6. The monoisotopic (exact) mass is 483 g/mol. The fourth-order valence-corrected chi connectivity index (χ4v) is 5.00. The second-order valence-electron chi connectivity index (χ2n) is 9.41. The molecule has 0 aromatic heterocycles. The van der Waals surface area contributed by atoms with Gasteiger partial charge in [0.05, 0.1) is 25.4 Å². The molecule has 4 N–H and O–H groups in total. The molecule has 2 aromatic carbocycles. The largest absolute Gasteiger partial charge is 0.395 e. The van der Waals surface area contributed by atoms with Crippen LogP contribution in [0.25, 0.3) is 0 Å². The summed E-state index contributed by atoms with van der Waals surface area (Å²) in [5.41, 5.74) is 3.38. The van der Waals surface area contributed by atoms with Crippen LogP contribution in [0.2, 0.25) is 0 Å². The van der Waals surface area contributed by atoms with E-state index < -0.39 is 6.29 Å². The molecule has 8 nitrogen and oxygen atoms in total. The predicted octanol–water partition coefficient (Wildman–Crippen LogP) is 3.57. The van der Waals surface area contributed by atoms with Gasteiger partial charge in [-0.05, 0) is 49.6 Å². The Kier molecular flexibility index (Phi) is 8.75. The third-order valence-electron chi connectivity index (χ3n) is 7.00. The number of ether oxygens (including phenoxy) is 2. The lowest BCUT2D eigenvalue weighted by Gasteiger charge is -2.43. The van der Waals surface area contributed by atoms with E-state index >= 15 is 0 Å². The summed E-state index contributed by atoms with van der Waals surface area (Å²) in [4.78, 5) is 14.3. The molecule has 2 aliphatic heterocycles. The van der Waals surface area contributed by atoms with Gasteiger partial charge in [0, 0.05) is 36.3 Å². The Hall–Kier alpha value is -2.49. The van der Waals surface area contributed by atoms with Gasteiger partial charge < -0.3 is 30.3 Å². The van der Waals surface area contributed by atoms with E-state index in [0.29, 0.717) is 18.8 Å². The standard InChI is InChI=1S/C27H37N3O5/c1-3-28-27(33)29-22-7-4-6-21(14-22)26-34-24(15-30-13-5-8-23(30)17-32)18(2)25(35-26)20-11-9-19(16-31)10-12-20/h4,6-7,9-12,14,18,23-26,31-32H,3,5,8,13,15-17H2,1-2H3,(H2,28,29,33)/t18-,23-,24+,25+,26?/m0/s1. The lowest BCUT2D eigenvalue weighted by molar-refractivity contribution is -0.276. The molecule has 2 aromatic rings. The molecule has 0 aliphatic carbocycles. The van der Waals surface area contributed by atoms with Crippen LogP contribution in [0, 0.1) is 5.92 Å². The van der Waals surface area contributed by atoms with Crippen LogP contribution in [-0.4, -0.2) is 59.5 Å².